The lowest BCUT2D eigenvalue weighted by Gasteiger charge is -2.36. The molecule has 3 nitrogen and oxygen atoms in total. The molecule has 0 fully saturated rings. The van der Waals surface area contributed by atoms with Crippen LogP contribution in [0.25, 0.3) is 0 Å². The molecule has 150 valence electrons. The number of fused-ring (bicyclic) bond motifs is 1. The van der Waals surface area contributed by atoms with Crippen LogP contribution in [-0.4, -0.2) is 27.0 Å². The van der Waals surface area contributed by atoms with Crippen molar-refractivity contribution in [2.24, 2.45) is 0 Å². The summed E-state index contributed by atoms with van der Waals surface area (Å²) in [6.45, 7) is 2.88. The van der Waals surface area contributed by atoms with Crippen molar-refractivity contribution in [3.05, 3.63) is 35.4 Å². The second-order valence-electron chi connectivity index (χ2n) is 7.78. The Hall–Kier alpha value is -1.42. The summed E-state index contributed by atoms with van der Waals surface area (Å²) < 4.78 is 0. The summed E-state index contributed by atoms with van der Waals surface area (Å²) in [7, 11) is 0. The minimum atomic E-state index is -0.769. The van der Waals surface area contributed by atoms with E-state index in [2.05, 4.69) is 13.0 Å². The fourth-order valence-corrected chi connectivity index (χ4v) is 4.25. The average molecular weight is 390 g/mol. The largest absolute Gasteiger partial charge is 0.480 e. The molecule has 1 aliphatic rings. The van der Waals surface area contributed by atoms with Crippen molar-refractivity contribution < 1.29 is 9.90 Å². The quantitative estimate of drug-likeness (QED) is 0.344. The number of hydrogen-bond acceptors (Lipinski definition) is 2. The Kier molecular flexibility index (Phi) is 9.82. The Morgan fingerprint density at radius 1 is 1.00 bits per heavy atom. The van der Waals surface area contributed by atoms with Gasteiger partial charge in [-0.2, -0.15) is 0 Å². The summed E-state index contributed by atoms with van der Waals surface area (Å²) in [6.07, 6.45) is 14.4. The zero-order valence-corrected chi connectivity index (χ0v) is 17.6. The van der Waals surface area contributed by atoms with E-state index in [9.17, 15) is 9.90 Å². The van der Waals surface area contributed by atoms with E-state index in [1.807, 2.05) is 23.1 Å². The number of nitrogens with zero attached hydrogens (tertiary/aromatic N) is 1. The molecule has 1 aliphatic heterocycles. The van der Waals surface area contributed by atoms with E-state index in [0.29, 0.717) is 13.0 Å². The maximum Gasteiger partial charge on any atom is 0.326 e. The number of hydrogen-bond donors (Lipinski definition) is 1. The van der Waals surface area contributed by atoms with Gasteiger partial charge in [0.25, 0.3) is 0 Å². The van der Waals surface area contributed by atoms with Gasteiger partial charge in [-0.15, -0.1) is 0 Å². The van der Waals surface area contributed by atoms with Crippen LogP contribution in [0.5, 0.6) is 0 Å². The van der Waals surface area contributed by atoms with Gasteiger partial charge in [-0.3, -0.25) is 0 Å². The second kappa shape index (κ2) is 12.1. The first-order chi connectivity index (χ1) is 13.1. The van der Waals surface area contributed by atoms with Gasteiger partial charge in [0.15, 0.2) is 0 Å². The average Bonchev–Trinajstić information content (AvgIpc) is 2.68. The van der Waals surface area contributed by atoms with Crippen molar-refractivity contribution in [2.75, 3.05) is 0 Å². The first-order valence-corrected chi connectivity index (χ1v) is 11.1. The fourth-order valence-electron chi connectivity index (χ4n) is 3.91. The van der Waals surface area contributed by atoms with Crippen molar-refractivity contribution in [1.82, 2.24) is 4.90 Å². The number of thiocarbonyl (C=S) groups is 1. The molecule has 0 aromatic heterocycles. The molecule has 0 saturated heterocycles. The van der Waals surface area contributed by atoms with E-state index in [0.717, 1.165) is 23.4 Å². The van der Waals surface area contributed by atoms with Gasteiger partial charge in [-0.25, -0.2) is 4.79 Å². The lowest BCUT2D eigenvalue weighted by Crippen LogP contribution is -2.48. The van der Waals surface area contributed by atoms with Crippen LogP contribution in [-0.2, 0) is 17.8 Å². The molecule has 0 spiro atoms. The molecular formula is C23H35NO2S. The lowest BCUT2D eigenvalue weighted by molar-refractivity contribution is -0.142. The zero-order chi connectivity index (χ0) is 19.5. The van der Waals surface area contributed by atoms with Gasteiger partial charge in [0.2, 0.25) is 0 Å². The molecular weight excluding hydrogens is 354 g/mol. The predicted octanol–water partition coefficient (Wildman–Crippen LogP) is 6.14. The molecule has 0 bridgehead atoms. The van der Waals surface area contributed by atoms with E-state index < -0.39 is 12.0 Å². The van der Waals surface area contributed by atoms with E-state index in [-0.39, 0.29) is 0 Å². The van der Waals surface area contributed by atoms with Gasteiger partial charge in [0.1, 0.15) is 6.04 Å². The molecule has 0 aliphatic carbocycles. The van der Waals surface area contributed by atoms with E-state index in [4.69, 9.17) is 12.2 Å². The molecule has 1 aromatic carbocycles. The Morgan fingerprint density at radius 2 is 1.56 bits per heavy atom. The topological polar surface area (TPSA) is 40.5 Å². The minimum absolute atomic E-state index is 0.518. The van der Waals surface area contributed by atoms with E-state index in [1.54, 1.807) is 0 Å². The molecule has 0 radical (unpaired) electrons. The fraction of sp³-hybridized carbons (Fsp3) is 0.652. The Labute approximate surface area is 170 Å². The van der Waals surface area contributed by atoms with Gasteiger partial charge in [0.05, 0.1) is 4.99 Å². The van der Waals surface area contributed by atoms with Gasteiger partial charge < -0.3 is 10.0 Å². The molecule has 1 atom stereocenters. The molecule has 0 unspecified atom stereocenters. The maximum absolute atomic E-state index is 11.7. The highest BCUT2D eigenvalue weighted by Crippen LogP contribution is 2.25. The van der Waals surface area contributed by atoms with Crippen LogP contribution in [0.3, 0.4) is 0 Å². The molecule has 0 amide bonds. The summed E-state index contributed by atoms with van der Waals surface area (Å²) in [5.74, 6) is -0.769. The minimum Gasteiger partial charge on any atom is -0.480 e. The highest BCUT2D eigenvalue weighted by atomic mass is 32.1. The number of aliphatic carboxylic acids is 1. The van der Waals surface area contributed by atoms with Crippen molar-refractivity contribution in [1.29, 1.82) is 0 Å². The number of unbranched alkanes of at least 4 members (excludes halogenated alkanes) is 9. The van der Waals surface area contributed by atoms with Crippen molar-refractivity contribution in [3.63, 3.8) is 0 Å². The first-order valence-electron chi connectivity index (χ1n) is 10.7. The van der Waals surface area contributed by atoms with Crippen LogP contribution in [0, 0.1) is 0 Å². The van der Waals surface area contributed by atoms with Gasteiger partial charge in [-0.1, -0.05) is 101 Å². The van der Waals surface area contributed by atoms with Crippen LogP contribution in [0.1, 0.15) is 88.7 Å². The molecule has 27 heavy (non-hydrogen) atoms. The predicted molar refractivity (Wildman–Crippen MR) is 116 cm³/mol. The van der Waals surface area contributed by atoms with Crippen molar-refractivity contribution >= 4 is 23.2 Å². The third kappa shape index (κ3) is 7.25. The number of carboxylic acid groups (broad SMARTS) is 1. The molecule has 1 N–H and O–H groups in total. The Morgan fingerprint density at radius 3 is 2.15 bits per heavy atom. The Bertz CT molecular complexity index is 602. The smallest absolute Gasteiger partial charge is 0.326 e. The van der Waals surface area contributed by atoms with Gasteiger partial charge >= 0.3 is 5.97 Å². The summed E-state index contributed by atoms with van der Waals surface area (Å²) >= 11 is 5.62. The maximum atomic E-state index is 11.7. The van der Waals surface area contributed by atoms with E-state index >= 15 is 0 Å². The van der Waals surface area contributed by atoms with Crippen molar-refractivity contribution in [3.8, 4) is 0 Å². The van der Waals surface area contributed by atoms with Crippen LogP contribution in [0.15, 0.2) is 24.3 Å². The SMILES string of the molecule is CCCCCCCCCCCCC(=S)N1Cc2ccccc2C[C@H]1C(=O)O. The normalized spacial score (nSPS) is 16.2. The van der Waals surface area contributed by atoms with Gasteiger partial charge in [-0.05, 0) is 24.0 Å². The molecule has 1 heterocycles. The number of carbonyl (C=O) groups is 1. The number of benzene rings is 1. The standard InChI is InChI=1S/C23H35NO2S/c1-2-3-4-5-6-7-8-9-10-11-16-22(27)24-18-20-15-13-12-14-19(20)17-21(24)23(25)26/h12-15,21H,2-11,16-18H2,1H3,(H,25,26)/t21-/m0/s1. The number of carboxylic acids is 1. The zero-order valence-electron chi connectivity index (χ0n) is 16.8. The summed E-state index contributed by atoms with van der Waals surface area (Å²) in [5, 5.41) is 9.63. The lowest BCUT2D eigenvalue weighted by atomic mass is 9.93. The molecule has 2 rings (SSSR count). The Balaban J connectivity index is 1.68. The van der Waals surface area contributed by atoms with Crippen LogP contribution in [0.2, 0.25) is 0 Å². The van der Waals surface area contributed by atoms with Gasteiger partial charge in [0, 0.05) is 13.0 Å². The third-order valence-corrected chi connectivity index (χ3v) is 6.04. The van der Waals surface area contributed by atoms with Crippen molar-refractivity contribution in [2.45, 2.75) is 96.6 Å². The number of rotatable bonds is 12. The summed E-state index contributed by atoms with van der Waals surface area (Å²) in [5.41, 5.74) is 2.35. The third-order valence-electron chi connectivity index (χ3n) is 5.60. The molecule has 1 aromatic rings. The second-order valence-corrected chi connectivity index (χ2v) is 8.25. The molecule has 0 saturated carbocycles. The van der Waals surface area contributed by atoms with Crippen LogP contribution in [0.4, 0.5) is 0 Å². The monoisotopic (exact) mass is 389 g/mol. The summed E-state index contributed by atoms with van der Waals surface area (Å²) in [6, 6.07) is 7.60. The summed E-state index contributed by atoms with van der Waals surface area (Å²) in [4.78, 5) is 14.5. The first kappa shape index (κ1) is 21.9. The molecule has 4 heteroatoms. The highest BCUT2D eigenvalue weighted by Gasteiger charge is 2.32. The van der Waals surface area contributed by atoms with E-state index in [1.165, 1.54) is 63.4 Å². The highest BCUT2D eigenvalue weighted by molar-refractivity contribution is 7.80. The van der Waals surface area contributed by atoms with Crippen LogP contribution >= 0.6 is 12.2 Å². The van der Waals surface area contributed by atoms with Crippen LogP contribution < -0.4 is 0 Å².